The van der Waals surface area contributed by atoms with Crippen LogP contribution >= 0.6 is 0 Å². The van der Waals surface area contributed by atoms with E-state index in [2.05, 4.69) is 0 Å². The average Bonchev–Trinajstić information content (AvgIpc) is 2.00. The van der Waals surface area contributed by atoms with Crippen LogP contribution in [0.3, 0.4) is 0 Å². The molecule has 0 saturated heterocycles. The molecule has 5 nitrogen and oxygen atoms in total. The lowest BCUT2D eigenvalue weighted by atomic mass is 10.1. The van der Waals surface area contributed by atoms with Crippen LogP contribution in [0.2, 0.25) is 6.04 Å². The first-order valence-electron chi connectivity index (χ1n) is 4.58. The predicted molar refractivity (Wildman–Crippen MR) is 52.7 cm³/mol. The van der Waals surface area contributed by atoms with Gasteiger partial charge >= 0.3 is 8.80 Å². The van der Waals surface area contributed by atoms with Crippen molar-refractivity contribution in [2.24, 2.45) is 11.5 Å². The van der Waals surface area contributed by atoms with Gasteiger partial charge in [-0.1, -0.05) is 6.42 Å². The molecule has 0 aliphatic rings. The third-order valence-corrected chi connectivity index (χ3v) is 2.84. The molecule has 13 heavy (non-hydrogen) atoms. The SMILES string of the molecule is NCCCCC(N)CC[Si](O)(O)O. The Morgan fingerprint density at radius 2 is 1.69 bits per heavy atom. The van der Waals surface area contributed by atoms with Crippen LogP contribution in [0, 0.1) is 0 Å². The molecule has 0 amide bonds. The largest absolute Gasteiger partial charge is 0.492 e. The molecule has 0 bridgehead atoms. The fraction of sp³-hybridized carbons (Fsp3) is 1.00. The summed E-state index contributed by atoms with van der Waals surface area (Å²) in [6.07, 6.45) is 3.17. The Bertz CT molecular complexity index is 129. The molecule has 0 aromatic rings. The van der Waals surface area contributed by atoms with E-state index in [0.29, 0.717) is 13.0 Å². The molecule has 0 aliphatic carbocycles. The van der Waals surface area contributed by atoms with Crippen LogP contribution in [0.15, 0.2) is 0 Å². The molecule has 0 fully saturated rings. The van der Waals surface area contributed by atoms with Gasteiger partial charge in [-0.15, -0.1) is 0 Å². The molecule has 1 unspecified atom stereocenters. The standard InChI is InChI=1S/C7H20N2O3Si/c8-5-2-1-3-7(9)4-6-13(10,11)12/h7,10-12H,1-6,8-9H2. The van der Waals surface area contributed by atoms with Gasteiger partial charge in [0.05, 0.1) is 0 Å². The lowest BCUT2D eigenvalue weighted by Gasteiger charge is -2.14. The second-order valence-electron chi connectivity index (χ2n) is 3.36. The van der Waals surface area contributed by atoms with Crippen molar-refractivity contribution in [1.82, 2.24) is 0 Å². The molecule has 0 saturated carbocycles. The van der Waals surface area contributed by atoms with Crippen LogP contribution in [-0.2, 0) is 0 Å². The summed E-state index contributed by atoms with van der Waals surface area (Å²) < 4.78 is 0. The first-order valence-corrected chi connectivity index (χ1v) is 6.63. The smallest absolute Gasteiger partial charge is 0.390 e. The lowest BCUT2D eigenvalue weighted by molar-refractivity contribution is 0.224. The zero-order valence-electron chi connectivity index (χ0n) is 7.82. The maximum Gasteiger partial charge on any atom is 0.492 e. The third kappa shape index (κ3) is 9.93. The molecule has 7 N–H and O–H groups in total. The van der Waals surface area contributed by atoms with Gasteiger partial charge in [0.25, 0.3) is 0 Å². The average molecular weight is 208 g/mol. The second kappa shape index (κ2) is 6.47. The van der Waals surface area contributed by atoms with Crippen molar-refractivity contribution in [2.45, 2.75) is 37.8 Å². The Morgan fingerprint density at radius 3 is 2.15 bits per heavy atom. The van der Waals surface area contributed by atoms with Crippen molar-refractivity contribution in [2.75, 3.05) is 6.54 Å². The van der Waals surface area contributed by atoms with Gasteiger partial charge in [0.15, 0.2) is 0 Å². The highest BCUT2D eigenvalue weighted by Gasteiger charge is 2.26. The van der Waals surface area contributed by atoms with E-state index in [0.717, 1.165) is 19.3 Å². The molecule has 0 aromatic carbocycles. The lowest BCUT2D eigenvalue weighted by Crippen LogP contribution is -2.36. The summed E-state index contributed by atoms with van der Waals surface area (Å²) in [5.74, 6) is 0. The molecule has 80 valence electrons. The molecule has 0 aliphatic heterocycles. The van der Waals surface area contributed by atoms with Crippen molar-refractivity contribution < 1.29 is 14.4 Å². The second-order valence-corrected chi connectivity index (χ2v) is 5.41. The first-order chi connectivity index (χ1) is 5.95. The van der Waals surface area contributed by atoms with Gasteiger partial charge in [0.2, 0.25) is 0 Å². The molecule has 0 radical (unpaired) electrons. The third-order valence-electron chi connectivity index (χ3n) is 1.88. The van der Waals surface area contributed by atoms with E-state index in [9.17, 15) is 0 Å². The van der Waals surface area contributed by atoms with E-state index in [1.165, 1.54) is 0 Å². The van der Waals surface area contributed by atoms with Gasteiger partial charge < -0.3 is 25.9 Å². The molecule has 0 aromatic heterocycles. The zero-order chi connectivity index (χ0) is 10.3. The van der Waals surface area contributed by atoms with Crippen molar-refractivity contribution in [3.05, 3.63) is 0 Å². The van der Waals surface area contributed by atoms with Crippen LogP contribution in [0.4, 0.5) is 0 Å². The molecular weight excluding hydrogens is 188 g/mol. The molecule has 1 atom stereocenters. The van der Waals surface area contributed by atoms with E-state index in [1.54, 1.807) is 0 Å². The van der Waals surface area contributed by atoms with Gasteiger partial charge in [0, 0.05) is 12.1 Å². The van der Waals surface area contributed by atoms with Gasteiger partial charge in [-0.2, -0.15) is 0 Å². The van der Waals surface area contributed by atoms with E-state index < -0.39 is 8.80 Å². The number of rotatable bonds is 7. The van der Waals surface area contributed by atoms with Crippen molar-refractivity contribution in [3.8, 4) is 0 Å². The van der Waals surface area contributed by atoms with Crippen molar-refractivity contribution in [1.29, 1.82) is 0 Å². The summed E-state index contributed by atoms with van der Waals surface area (Å²) in [5.41, 5.74) is 11.0. The number of nitrogens with two attached hydrogens (primary N) is 2. The fourth-order valence-electron chi connectivity index (χ4n) is 1.07. The maximum atomic E-state index is 8.71. The van der Waals surface area contributed by atoms with Crippen molar-refractivity contribution in [3.63, 3.8) is 0 Å². The Labute approximate surface area is 79.7 Å². The van der Waals surface area contributed by atoms with Crippen LogP contribution in [-0.4, -0.2) is 35.8 Å². The molecule has 0 heterocycles. The predicted octanol–water partition coefficient (Wildman–Crippen LogP) is -1.25. The molecule has 0 spiro atoms. The van der Waals surface area contributed by atoms with Gasteiger partial charge in [-0.05, 0) is 25.8 Å². The Kier molecular flexibility index (Phi) is 6.48. The van der Waals surface area contributed by atoms with Crippen LogP contribution in [0.25, 0.3) is 0 Å². The van der Waals surface area contributed by atoms with E-state index in [-0.39, 0.29) is 12.1 Å². The van der Waals surface area contributed by atoms with E-state index in [1.807, 2.05) is 0 Å². The first kappa shape index (κ1) is 13.0. The van der Waals surface area contributed by atoms with Crippen molar-refractivity contribution >= 4 is 8.80 Å². The van der Waals surface area contributed by atoms with Crippen LogP contribution in [0.1, 0.15) is 25.7 Å². The highest BCUT2D eigenvalue weighted by Crippen LogP contribution is 2.08. The highest BCUT2D eigenvalue weighted by atomic mass is 28.4. The Balaban J connectivity index is 3.35. The minimum Gasteiger partial charge on any atom is -0.390 e. The summed E-state index contributed by atoms with van der Waals surface area (Å²) in [6.45, 7) is 0.658. The zero-order valence-corrected chi connectivity index (χ0v) is 8.82. The fourth-order valence-corrected chi connectivity index (χ4v) is 1.83. The monoisotopic (exact) mass is 208 g/mol. The topological polar surface area (TPSA) is 113 Å². The normalized spacial score (nSPS) is 14.5. The Hall–Kier alpha value is 0.0169. The van der Waals surface area contributed by atoms with Crippen LogP contribution in [0.5, 0.6) is 0 Å². The highest BCUT2D eigenvalue weighted by molar-refractivity contribution is 6.56. The summed E-state index contributed by atoms with van der Waals surface area (Å²) in [6, 6.07) is -0.0403. The van der Waals surface area contributed by atoms with E-state index in [4.69, 9.17) is 25.9 Å². The minimum absolute atomic E-state index is 0.0246. The van der Waals surface area contributed by atoms with E-state index >= 15 is 0 Å². The van der Waals surface area contributed by atoms with Crippen LogP contribution < -0.4 is 11.5 Å². The molecular formula is C7H20N2O3Si. The van der Waals surface area contributed by atoms with Gasteiger partial charge in [0.1, 0.15) is 0 Å². The summed E-state index contributed by atoms with van der Waals surface area (Å²) in [5, 5.41) is 0. The summed E-state index contributed by atoms with van der Waals surface area (Å²) >= 11 is 0. The number of unbranched alkanes of at least 4 members (excludes halogenated alkanes) is 1. The summed E-state index contributed by atoms with van der Waals surface area (Å²) in [7, 11) is -3.87. The quantitative estimate of drug-likeness (QED) is 0.265. The summed E-state index contributed by atoms with van der Waals surface area (Å²) in [4.78, 5) is 26.1. The van der Waals surface area contributed by atoms with Gasteiger partial charge in [-0.25, -0.2) is 0 Å². The maximum absolute atomic E-state index is 8.71. The Morgan fingerprint density at radius 1 is 1.08 bits per heavy atom. The number of hydrogen-bond acceptors (Lipinski definition) is 5. The number of hydrogen-bond donors (Lipinski definition) is 5. The molecule has 6 heteroatoms. The van der Waals surface area contributed by atoms with Gasteiger partial charge in [-0.3, -0.25) is 0 Å². The minimum atomic E-state index is -3.87. The molecule has 0 rings (SSSR count).